The van der Waals surface area contributed by atoms with Crippen LogP contribution in [0, 0.1) is 0 Å². The van der Waals surface area contributed by atoms with Crippen LogP contribution in [-0.4, -0.2) is 13.1 Å². The molecule has 2 amide bonds. The van der Waals surface area contributed by atoms with Gasteiger partial charge in [0.25, 0.3) is 0 Å². The maximum Gasteiger partial charge on any atom is 0.319 e. The minimum atomic E-state index is -0.286. The molecule has 2 N–H and O–H groups in total. The number of urea groups is 1. The molecule has 0 spiro atoms. The second-order valence-electron chi connectivity index (χ2n) is 4.16. The van der Waals surface area contributed by atoms with E-state index in [0.29, 0.717) is 15.8 Å². The highest BCUT2D eigenvalue weighted by Crippen LogP contribution is 2.27. The first-order valence-corrected chi connectivity index (χ1v) is 7.25. The number of carbonyl (C=O) groups excluding carboxylic acids is 1. The molecule has 1 heterocycles. The zero-order chi connectivity index (χ0) is 14.5. The predicted octanol–water partition coefficient (Wildman–Crippen LogP) is 4.29. The molecule has 0 aliphatic rings. The number of hydrogen-bond donors (Lipinski definition) is 2. The highest BCUT2D eigenvalue weighted by molar-refractivity contribution is 7.16. The number of rotatable bonds is 4. The zero-order valence-electron chi connectivity index (χ0n) is 11.1. The third-order valence-corrected chi connectivity index (χ3v) is 4.14. The summed E-state index contributed by atoms with van der Waals surface area (Å²) >= 11 is 7.33. The lowest BCUT2D eigenvalue weighted by Crippen LogP contribution is -2.30. The quantitative estimate of drug-likeness (QED) is 0.885. The van der Waals surface area contributed by atoms with Crippen LogP contribution in [0.15, 0.2) is 36.4 Å². The van der Waals surface area contributed by atoms with Crippen LogP contribution in [0.4, 0.5) is 10.5 Å². The number of ether oxygens (including phenoxy) is 1. The topological polar surface area (TPSA) is 50.4 Å². The predicted molar refractivity (Wildman–Crippen MR) is 82.9 cm³/mol. The van der Waals surface area contributed by atoms with Crippen LogP contribution in [0.25, 0.3) is 0 Å². The molecule has 0 aliphatic heterocycles. The lowest BCUT2D eigenvalue weighted by molar-refractivity contribution is 0.249. The van der Waals surface area contributed by atoms with E-state index in [1.54, 1.807) is 19.2 Å². The van der Waals surface area contributed by atoms with Crippen LogP contribution >= 0.6 is 22.9 Å². The molecular formula is C14H15ClN2O2S. The summed E-state index contributed by atoms with van der Waals surface area (Å²) in [5.41, 5.74) is 0.629. The molecule has 6 heteroatoms. The summed E-state index contributed by atoms with van der Waals surface area (Å²) in [5, 5.41) is 5.62. The van der Waals surface area contributed by atoms with Crippen LogP contribution in [0.2, 0.25) is 4.34 Å². The van der Waals surface area contributed by atoms with Gasteiger partial charge in [0, 0.05) is 4.88 Å². The maximum absolute atomic E-state index is 12.0. The van der Waals surface area contributed by atoms with Gasteiger partial charge in [-0.25, -0.2) is 4.79 Å². The molecule has 1 aromatic heterocycles. The van der Waals surface area contributed by atoms with Crippen LogP contribution in [0.1, 0.15) is 17.8 Å². The Morgan fingerprint density at radius 2 is 2.05 bits per heavy atom. The van der Waals surface area contributed by atoms with Gasteiger partial charge < -0.3 is 15.4 Å². The fraction of sp³-hybridized carbons (Fsp3) is 0.214. The number of nitrogens with one attached hydrogen (secondary N) is 2. The number of hydrogen-bond acceptors (Lipinski definition) is 3. The summed E-state index contributed by atoms with van der Waals surface area (Å²) in [7, 11) is 1.56. The molecule has 1 unspecified atom stereocenters. The molecule has 4 nitrogen and oxygen atoms in total. The first-order valence-electron chi connectivity index (χ1n) is 6.06. The summed E-state index contributed by atoms with van der Waals surface area (Å²) in [6.45, 7) is 1.91. The average Bonchev–Trinajstić information content (AvgIpc) is 2.86. The fourth-order valence-corrected chi connectivity index (χ4v) is 2.80. The van der Waals surface area contributed by atoms with E-state index in [0.717, 1.165) is 4.88 Å². The van der Waals surface area contributed by atoms with Crippen molar-refractivity contribution in [3.05, 3.63) is 45.6 Å². The van der Waals surface area contributed by atoms with Gasteiger partial charge in [0.15, 0.2) is 0 Å². The van der Waals surface area contributed by atoms with Crippen LogP contribution in [0.3, 0.4) is 0 Å². The van der Waals surface area contributed by atoms with Gasteiger partial charge in [-0.2, -0.15) is 0 Å². The number of amides is 2. The van der Waals surface area contributed by atoms with Crippen molar-refractivity contribution in [1.29, 1.82) is 0 Å². The molecule has 2 aromatic rings. The van der Waals surface area contributed by atoms with Crippen molar-refractivity contribution in [2.75, 3.05) is 12.4 Å². The first-order chi connectivity index (χ1) is 9.60. The van der Waals surface area contributed by atoms with Gasteiger partial charge in [-0.1, -0.05) is 23.7 Å². The fourth-order valence-electron chi connectivity index (χ4n) is 1.74. The first kappa shape index (κ1) is 14.7. The van der Waals surface area contributed by atoms with Crippen molar-refractivity contribution in [2.45, 2.75) is 13.0 Å². The Hall–Kier alpha value is -1.72. The Morgan fingerprint density at radius 3 is 2.70 bits per heavy atom. The lowest BCUT2D eigenvalue weighted by atomic mass is 10.3. The second kappa shape index (κ2) is 6.63. The van der Waals surface area contributed by atoms with Crippen LogP contribution < -0.4 is 15.4 Å². The van der Waals surface area contributed by atoms with Gasteiger partial charge in [0.2, 0.25) is 0 Å². The standard InChI is InChI=1S/C14H15ClN2O2S/c1-9(12-7-8-13(15)20-12)16-14(18)17-10-5-3-4-6-11(10)19-2/h3-9H,1-2H3,(H2,16,17,18). The molecule has 106 valence electrons. The summed E-state index contributed by atoms with van der Waals surface area (Å²) in [6.07, 6.45) is 0. The number of para-hydroxylation sites is 2. The van der Waals surface area contributed by atoms with Crippen molar-refractivity contribution in [3.8, 4) is 5.75 Å². The lowest BCUT2D eigenvalue weighted by Gasteiger charge is -2.14. The van der Waals surface area contributed by atoms with E-state index >= 15 is 0 Å². The number of carbonyl (C=O) groups is 1. The molecule has 0 aliphatic carbocycles. The van der Waals surface area contributed by atoms with Gasteiger partial charge >= 0.3 is 6.03 Å². The highest BCUT2D eigenvalue weighted by Gasteiger charge is 2.12. The van der Waals surface area contributed by atoms with E-state index in [1.807, 2.05) is 31.2 Å². The Balaban J connectivity index is 1.98. The average molecular weight is 311 g/mol. The number of methoxy groups -OCH3 is 1. The molecule has 1 aromatic carbocycles. The number of halogens is 1. The van der Waals surface area contributed by atoms with Gasteiger partial charge in [0.1, 0.15) is 5.75 Å². The summed E-state index contributed by atoms with van der Waals surface area (Å²) < 4.78 is 5.89. The van der Waals surface area contributed by atoms with Gasteiger partial charge in [-0.15, -0.1) is 11.3 Å². The Labute approximate surface area is 126 Å². The van der Waals surface area contributed by atoms with E-state index in [1.165, 1.54) is 11.3 Å². The molecular weight excluding hydrogens is 296 g/mol. The van der Waals surface area contributed by atoms with E-state index in [9.17, 15) is 4.79 Å². The number of anilines is 1. The molecule has 0 radical (unpaired) electrons. The Morgan fingerprint density at radius 1 is 1.30 bits per heavy atom. The monoisotopic (exact) mass is 310 g/mol. The van der Waals surface area contributed by atoms with Crippen molar-refractivity contribution in [3.63, 3.8) is 0 Å². The normalized spacial score (nSPS) is 11.8. The SMILES string of the molecule is COc1ccccc1NC(=O)NC(C)c1ccc(Cl)s1. The number of thiophene rings is 1. The Bertz CT molecular complexity index is 600. The number of benzene rings is 1. The van der Waals surface area contributed by atoms with Crippen LogP contribution in [-0.2, 0) is 0 Å². The second-order valence-corrected chi connectivity index (χ2v) is 5.91. The molecule has 1 atom stereocenters. The molecule has 0 saturated heterocycles. The van der Waals surface area contributed by atoms with Crippen molar-refractivity contribution in [1.82, 2.24) is 5.32 Å². The van der Waals surface area contributed by atoms with Crippen LogP contribution in [0.5, 0.6) is 5.75 Å². The minimum absolute atomic E-state index is 0.109. The van der Waals surface area contributed by atoms with E-state index in [-0.39, 0.29) is 12.1 Å². The molecule has 0 saturated carbocycles. The molecule has 2 rings (SSSR count). The van der Waals surface area contributed by atoms with E-state index in [4.69, 9.17) is 16.3 Å². The Kier molecular flexibility index (Phi) is 4.87. The minimum Gasteiger partial charge on any atom is -0.495 e. The summed E-state index contributed by atoms with van der Waals surface area (Å²) in [5.74, 6) is 0.620. The van der Waals surface area contributed by atoms with Crippen molar-refractivity contribution >= 4 is 34.7 Å². The van der Waals surface area contributed by atoms with Crippen molar-refractivity contribution < 1.29 is 9.53 Å². The molecule has 20 heavy (non-hydrogen) atoms. The van der Waals surface area contributed by atoms with E-state index < -0.39 is 0 Å². The van der Waals surface area contributed by atoms with Gasteiger partial charge in [-0.3, -0.25) is 0 Å². The summed E-state index contributed by atoms with van der Waals surface area (Å²) in [6, 6.07) is 10.6. The summed E-state index contributed by atoms with van der Waals surface area (Å²) in [4.78, 5) is 13.0. The van der Waals surface area contributed by atoms with Crippen molar-refractivity contribution in [2.24, 2.45) is 0 Å². The van der Waals surface area contributed by atoms with Gasteiger partial charge in [0.05, 0.1) is 23.2 Å². The zero-order valence-corrected chi connectivity index (χ0v) is 12.7. The largest absolute Gasteiger partial charge is 0.495 e. The van der Waals surface area contributed by atoms with Gasteiger partial charge in [-0.05, 0) is 31.2 Å². The third-order valence-electron chi connectivity index (χ3n) is 2.72. The van der Waals surface area contributed by atoms with E-state index in [2.05, 4.69) is 10.6 Å². The maximum atomic E-state index is 12.0. The molecule has 0 bridgehead atoms. The highest BCUT2D eigenvalue weighted by atomic mass is 35.5. The smallest absolute Gasteiger partial charge is 0.319 e. The molecule has 0 fully saturated rings. The third kappa shape index (κ3) is 3.65.